The number of nitrogens with one attached hydrogen (secondary N) is 1. The van der Waals surface area contributed by atoms with Crippen molar-refractivity contribution >= 4 is 27.8 Å². The Morgan fingerprint density at radius 2 is 2.14 bits per heavy atom. The lowest BCUT2D eigenvalue weighted by molar-refractivity contribution is -0.119. The third-order valence-corrected chi connectivity index (χ3v) is 4.47. The molecule has 1 atom stereocenters. The van der Waals surface area contributed by atoms with E-state index in [0.717, 1.165) is 6.26 Å². The van der Waals surface area contributed by atoms with Crippen molar-refractivity contribution in [3.8, 4) is 17.0 Å². The first-order valence-corrected chi connectivity index (χ1v) is 10.3. The van der Waals surface area contributed by atoms with Crippen molar-refractivity contribution in [2.24, 2.45) is 0 Å². The summed E-state index contributed by atoms with van der Waals surface area (Å²) in [4.78, 5) is 28.2. The molecular formula is C18H18FN3O6S. The number of ether oxygens (including phenoxy) is 1. The number of carbonyl (C=O) groups excluding carboxylic acids is 2. The number of aromatic nitrogens is 1. The molecule has 1 aromatic heterocycles. The zero-order valence-corrected chi connectivity index (χ0v) is 16.4. The summed E-state index contributed by atoms with van der Waals surface area (Å²) >= 11 is 0. The molecule has 0 saturated carbocycles. The number of amides is 2. The van der Waals surface area contributed by atoms with Crippen LogP contribution >= 0.6 is 0 Å². The zero-order valence-electron chi connectivity index (χ0n) is 15.6. The number of cyclic esters (lactones) is 1. The van der Waals surface area contributed by atoms with Gasteiger partial charge in [-0.1, -0.05) is 0 Å². The molecule has 3 rings (SSSR count). The van der Waals surface area contributed by atoms with Gasteiger partial charge in [-0.3, -0.25) is 9.69 Å². The number of nitrogens with zero attached hydrogens (tertiary/aromatic N) is 2. The highest BCUT2D eigenvalue weighted by molar-refractivity contribution is 7.86. The Balaban J connectivity index is 1.75. The van der Waals surface area contributed by atoms with Crippen molar-refractivity contribution in [3.63, 3.8) is 0 Å². The third-order valence-electron chi connectivity index (χ3n) is 4.00. The molecule has 154 valence electrons. The standard InChI is InChI=1S/C18H18FN3O6S/c1-11(23)20-9-14-10-22(18(24)27-14)13-4-5-15(16(19)7-13)12-3-6-17(21-8-12)28-29(2,25)26/h3-8,14H,9-10H2,1-2H3,(H,20,23)/t14-/m0/s1. The topological polar surface area (TPSA) is 115 Å². The smallest absolute Gasteiger partial charge is 0.414 e. The number of hydrogen-bond acceptors (Lipinski definition) is 7. The van der Waals surface area contributed by atoms with E-state index < -0.39 is 28.1 Å². The van der Waals surface area contributed by atoms with Gasteiger partial charge in [0.1, 0.15) is 11.9 Å². The Morgan fingerprint density at radius 3 is 2.72 bits per heavy atom. The summed E-state index contributed by atoms with van der Waals surface area (Å²) in [5.41, 5.74) is 0.934. The van der Waals surface area contributed by atoms with Crippen LogP contribution < -0.4 is 14.4 Å². The van der Waals surface area contributed by atoms with Crippen LogP contribution in [0.4, 0.5) is 14.9 Å². The summed E-state index contributed by atoms with van der Waals surface area (Å²) in [5, 5.41) is 2.57. The number of rotatable bonds is 6. The summed E-state index contributed by atoms with van der Waals surface area (Å²) in [6.07, 6.45) is 1.02. The molecule has 0 spiro atoms. The van der Waals surface area contributed by atoms with Crippen molar-refractivity contribution < 1.29 is 31.3 Å². The number of halogens is 1. The lowest BCUT2D eigenvalue weighted by Gasteiger charge is -2.14. The van der Waals surface area contributed by atoms with Gasteiger partial charge in [-0.05, 0) is 24.3 Å². The quantitative estimate of drug-likeness (QED) is 0.703. The molecule has 2 aromatic rings. The molecule has 2 amide bonds. The summed E-state index contributed by atoms with van der Waals surface area (Å²) in [5.74, 6) is -0.964. The van der Waals surface area contributed by atoms with E-state index in [2.05, 4.69) is 14.5 Å². The summed E-state index contributed by atoms with van der Waals surface area (Å²) in [6, 6.07) is 7.01. The molecule has 0 unspecified atom stereocenters. The lowest BCUT2D eigenvalue weighted by atomic mass is 10.1. The Morgan fingerprint density at radius 1 is 1.38 bits per heavy atom. The van der Waals surface area contributed by atoms with Crippen LogP contribution in [0.1, 0.15) is 6.92 Å². The van der Waals surface area contributed by atoms with Gasteiger partial charge in [0.2, 0.25) is 11.8 Å². The van der Waals surface area contributed by atoms with Crippen molar-refractivity contribution in [1.82, 2.24) is 10.3 Å². The molecule has 11 heteroatoms. The summed E-state index contributed by atoms with van der Waals surface area (Å²) in [6.45, 7) is 1.71. The fourth-order valence-electron chi connectivity index (χ4n) is 2.75. The van der Waals surface area contributed by atoms with Crippen molar-refractivity contribution in [2.75, 3.05) is 24.2 Å². The first kappa shape index (κ1) is 20.5. The number of hydrogen-bond donors (Lipinski definition) is 1. The molecule has 29 heavy (non-hydrogen) atoms. The van der Waals surface area contributed by atoms with Crippen LogP contribution in [0.2, 0.25) is 0 Å². The number of carbonyl (C=O) groups is 2. The van der Waals surface area contributed by atoms with Crippen LogP contribution in [-0.4, -0.2) is 50.9 Å². The molecule has 0 aliphatic carbocycles. The number of anilines is 1. The van der Waals surface area contributed by atoms with Gasteiger partial charge in [0.15, 0.2) is 0 Å². The SMILES string of the molecule is CC(=O)NC[C@H]1CN(c2ccc(-c3ccc(OS(C)(=O)=O)nc3)c(F)c2)C(=O)O1. The maximum Gasteiger partial charge on any atom is 0.414 e. The second kappa shape index (κ2) is 8.03. The fraction of sp³-hybridized carbons (Fsp3) is 0.278. The molecule has 1 aromatic carbocycles. The van der Waals surface area contributed by atoms with E-state index in [4.69, 9.17) is 4.74 Å². The van der Waals surface area contributed by atoms with E-state index in [1.54, 1.807) is 6.07 Å². The average Bonchev–Trinajstić information content (AvgIpc) is 3.00. The molecule has 1 saturated heterocycles. The van der Waals surface area contributed by atoms with Crippen LogP contribution in [0.5, 0.6) is 5.88 Å². The monoisotopic (exact) mass is 423 g/mol. The van der Waals surface area contributed by atoms with Gasteiger partial charge < -0.3 is 14.2 Å². The minimum atomic E-state index is -3.71. The van der Waals surface area contributed by atoms with Crippen LogP contribution in [-0.2, 0) is 19.6 Å². The zero-order chi connectivity index (χ0) is 21.2. The molecule has 9 nitrogen and oxygen atoms in total. The predicted octanol–water partition coefficient (Wildman–Crippen LogP) is 1.69. The Hall–Kier alpha value is -3.21. The van der Waals surface area contributed by atoms with E-state index in [0.29, 0.717) is 11.3 Å². The third kappa shape index (κ3) is 5.19. The maximum atomic E-state index is 14.6. The molecule has 0 radical (unpaired) electrons. The van der Waals surface area contributed by atoms with Crippen LogP contribution in [0.15, 0.2) is 36.5 Å². The Kier molecular flexibility index (Phi) is 5.69. The molecule has 1 aliphatic rings. The van der Waals surface area contributed by atoms with E-state index >= 15 is 0 Å². The first-order valence-electron chi connectivity index (χ1n) is 8.50. The van der Waals surface area contributed by atoms with Crippen LogP contribution in [0, 0.1) is 5.82 Å². The second-order valence-electron chi connectivity index (χ2n) is 6.39. The molecule has 1 fully saturated rings. The highest BCUT2D eigenvalue weighted by Gasteiger charge is 2.32. The van der Waals surface area contributed by atoms with Gasteiger partial charge in [0, 0.05) is 30.3 Å². The van der Waals surface area contributed by atoms with Gasteiger partial charge in [0.05, 0.1) is 25.0 Å². The predicted molar refractivity (Wildman–Crippen MR) is 101 cm³/mol. The van der Waals surface area contributed by atoms with E-state index in [-0.39, 0.29) is 30.4 Å². The first-order chi connectivity index (χ1) is 13.6. The highest BCUT2D eigenvalue weighted by atomic mass is 32.2. The molecule has 0 bridgehead atoms. The second-order valence-corrected chi connectivity index (χ2v) is 7.97. The van der Waals surface area contributed by atoms with Gasteiger partial charge in [-0.2, -0.15) is 8.42 Å². The largest absolute Gasteiger partial charge is 0.442 e. The maximum absolute atomic E-state index is 14.6. The van der Waals surface area contributed by atoms with Crippen molar-refractivity contribution in [3.05, 3.63) is 42.3 Å². The molecular weight excluding hydrogens is 405 g/mol. The summed E-state index contributed by atoms with van der Waals surface area (Å²) < 4.78 is 46.7. The molecule has 1 N–H and O–H groups in total. The average molecular weight is 423 g/mol. The summed E-state index contributed by atoms with van der Waals surface area (Å²) in [7, 11) is -3.71. The van der Waals surface area contributed by atoms with Crippen LogP contribution in [0.3, 0.4) is 0 Å². The van der Waals surface area contributed by atoms with Gasteiger partial charge in [-0.25, -0.2) is 14.2 Å². The minimum Gasteiger partial charge on any atom is -0.442 e. The lowest BCUT2D eigenvalue weighted by Crippen LogP contribution is -2.33. The van der Waals surface area contributed by atoms with Gasteiger partial charge in [-0.15, -0.1) is 0 Å². The van der Waals surface area contributed by atoms with E-state index in [9.17, 15) is 22.4 Å². The molecule has 1 aliphatic heterocycles. The van der Waals surface area contributed by atoms with Crippen molar-refractivity contribution in [2.45, 2.75) is 13.0 Å². The normalized spacial score (nSPS) is 16.4. The Labute approximate surface area is 166 Å². The fourth-order valence-corrected chi connectivity index (χ4v) is 3.16. The van der Waals surface area contributed by atoms with Gasteiger partial charge in [0.25, 0.3) is 0 Å². The van der Waals surface area contributed by atoms with E-state index in [1.807, 2.05) is 0 Å². The number of pyridine rings is 1. The van der Waals surface area contributed by atoms with E-state index in [1.165, 1.54) is 42.3 Å². The molecule has 2 heterocycles. The van der Waals surface area contributed by atoms with Crippen LogP contribution in [0.25, 0.3) is 11.1 Å². The minimum absolute atomic E-state index is 0.127. The van der Waals surface area contributed by atoms with Crippen molar-refractivity contribution in [1.29, 1.82) is 0 Å². The number of benzene rings is 1. The highest BCUT2D eigenvalue weighted by Crippen LogP contribution is 2.29. The van der Waals surface area contributed by atoms with Gasteiger partial charge >= 0.3 is 16.2 Å². The Bertz CT molecular complexity index is 1040.